The van der Waals surface area contributed by atoms with Crippen molar-refractivity contribution in [3.63, 3.8) is 0 Å². The normalized spacial score (nSPS) is 11.1. The van der Waals surface area contributed by atoms with Gasteiger partial charge in [-0.15, -0.1) is 0 Å². The fraction of sp³-hybridized carbons (Fsp3) is 0.154. The zero-order valence-corrected chi connectivity index (χ0v) is 9.48. The lowest BCUT2D eigenvalue weighted by Gasteiger charge is -2.06. The van der Waals surface area contributed by atoms with Gasteiger partial charge in [-0.1, -0.05) is 6.07 Å². The fourth-order valence-electron chi connectivity index (χ4n) is 1.56. The van der Waals surface area contributed by atoms with E-state index in [4.69, 9.17) is 10.5 Å². The van der Waals surface area contributed by atoms with Crippen LogP contribution in [0.3, 0.4) is 0 Å². The van der Waals surface area contributed by atoms with E-state index in [1.54, 1.807) is 0 Å². The minimum absolute atomic E-state index is 0.105. The van der Waals surface area contributed by atoms with Crippen molar-refractivity contribution in [2.75, 3.05) is 0 Å². The van der Waals surface area contributed by atoms with Crippen molar-refractivity contribution in [2.45, 2.75) is 13.8 Å². The van der Waals surface area contributed by atoms with Gasteiger partial charge in [0.05, 0.1) is 16.7 Å². The molecule has 0 aromatic heterocycles. The molecular formula is C13H10N2O2. The summed E-state index contributed by atoms with van der Waals surface area (Å²) in [7, 11) is 0. The number of aliphatic hydroxyl groups is 1. The first-order valence-electron chi connectivity index (χ1n) is 4.86. The highest BCUT2D eigenvalue weighted by molar-refractivity contribution is 6.20. The van der Waals surface area contributed by atoms with E-state index in [9.17, 15) is 9.90 Å². The minimum Gasteiger partial charge on any atom is -0.512 e. The molecule has 0 saturated heterocycles. The molecule has 0 amide bonds. The predicted molar refractivity (Wildman–Crippen MR) is 61.8 cm³/mol. The lowest BCUT2D eigenvalue weighted by atomic mass is 9.97. The van der Waals surface area contributed by atoms with Gasteiger partial charge in [-0.2, -0.15) is 10.5 Å². The Labute approximate surface area is 99.0 Å². The van der Waals surface area contributed by atoms with Crippen LogP contribution in [0.1, 0.15) is 30.5 Å². The van der Waals surface area contributed by atoms with E-state index in [1.165, 1.54) is 32.0 Å². The monoisotopic (exact) mass is 226 g/mol. The number of Topliss-reactive ketones (excluding diaryl/α,β-unsaturated/α-hetero) is 1. The van der Waals surface area contributed by atoms with Gasteiger partial charge < -0.3 is 5.11 Å². The number of carbonyl (C=O) groups is 1. The molecule has 0 bridgehead atoms. The highest BCUT2D eigenvalue weighted by atomic mass is 16.3. The summed E-state index contributed by atoms with van der Waals surface area (Å²) in [4.78, 5) is 11.4. The average Bonchev–Trinajstić information content (AvgIpc) is 2.27. The maximum Gasteiger partial charge on any atom is 0.163 e. The van der Waals surface area contributed by atoms with Crippen molar-refractivity contribution >= 4 is 11.4 Å². The van der Waals surface area contributed by atoms with Crippen LogP contribution in [0.5, 0.6) is 0 Å². The maximum absolute atomic E-state index is 11.4. The molecule has 0 unspecified atom stereocenters. The minimum atomic E-state index is -0.293. The van der Waals surface area contributed by atoms with Crippen molar-refractivity contribution in [1.82, 2.24) is 0 Å². The second kappa shape index (κ2) is 4.96. The molecule has 0 aliphatic carbocycles. The van der Waals surface area contributed by atoms with E-state index in [0.29, 0.717) is 5.56 Å². The van der Waals surface area contributed by atoms with Crippen LogP contribution in [-0.4, -0.2) is 10.9 Å². The van der Waals surface area contributed by atoms with Crippen LogP contribution in [0.2, 0.25) is 0 Å². The number of benzene rings is 1. The van der Waals surface area contributed by atoms with Crippen LogP contribution < -0.4 is 0 Å². The molecular weight excluding hydrogens is 216 g/mol. The molecule has 0 spiro atoms. The third kappa shape index (κ3) is 2.50. The molecule has 1 aromatic carbocycles. The number of aliphatic hydroxyl groups excluding tert-OH is 1. The van der Waals surface area contributed by atoms with Crippen molar-refractivity contribution in [1.29, 1.82) is 10.5 Å². The van der Waals surface area contributed by atoms with Crippen molar-refractivity contribution in [3.8, 4) is 12.1 Å². The van der Waals surface area contributed by atoms with Crippen LogP contribution in [0.15, 0.2) is 24.0 Å². The topological polar surface area (TPSA) is 84.9 Å². The van der Waals surface area contributed by atoms with Gasteiger partial charge in [-0.05, 0) is 31.5 Å². The van der Waals surface area contributed by atoms with Crippen LogP contribution in [0, 0.1) is 22.7 Å². The van der Waals surface area contributed by atoms with E-state index in [2.05, 4.69) is 0 Å². The summed E-state index contributed by atoms with van der Waals surface area (Å²) in [5.74, 6) is -0.398. The molecule has 4 heteroatoms. The van der Waals surface area contributed by atoms with Gasteiger partial charge in [0.2, 0.25) is 0 Å². The molecule has 0 fully saturated rings. The average molecular weight is 226 g/mol. The van der Waals surface area contributed by atoms with Crippen molar-refractivity contribution < 1.29 is 9.90 Å². The number of nitrogens with zero attached hydrogens (tertiary/aromatic N) is 2. The number of ketones is 1. The van der Waals surface area contributed by atoms with E-state index in [-0.39, 0.29) is 28.2 Å². The Morgan fingerprint density at radius 1 is 1.18 bits per heavy atom. The zero-order valence-electron chi connectivity index (χ0n) is 9.48. The van der Waals surface area contributed by atoms with Crippen LogP contribution in [0.25, 0.3) is 5.57 Å². The van der Waals surface area contributed by atoms with E-state index in [1.807, 2.05) is 12.1 Å². The number of nitriles is 2. The summed E-state index contributed by atoms with van der Waals surface area (Å²) >= 11 is 0. The SMILES string of the molecule is CC(=O)/C(=C(/C)O)c1ccc(C#N)c(C#N)c1. The molecule has 0 heterocycles. The number of hydrogen-bond acceptors (Lipinski definition) is 4. The summed E-state index contributed by atoms with van der Waals surface area (Å²) in [5.41, 5.74) is 1.03. The van der Waals surface area contributed by atoms with Crippen LogP contribution in [0.4, 0.5) is 0 Å². The first-order valence-corrected chi connectivity index (χ1v) is 4.86. The standard InChI is InChI=1S/C13H10N2O2/c1-8(16)13(9(2)17)10-3-4-11(6-14)12(5-10)7-15/h3-5,16H,1-2H3/b13-8+. The van der Waals surface area contributed by atoms with E-state index in [0.717, 1.165) is 0 Å². The molecule has 84 valence electrons. The lowest BCUT2D eigenvalue weighted by Crippen LogP contribution is -2.00. The quantitative estimate of drug-likeness (QED) is 0.619. The van der Waals surface area contributed by atoms with Gasteiger partial charge in [0.25, 0.3) is 0 Å². The Kier molecular flexibility index (Phi) is 3.64. The third-order valence-corrected chi connectivity index (χ3v) is 2.26. The summed E-state index contributed by atoms with van der Waals surface area (Å²) in [6.07, 6.45) is 0. The Bertz CT molecular complexity index is 582. The highest BCUT2D eigenvalue weighted by Crippen LogP contribution is 2.21. The van der Waals surface area contributed by atoms with Gasteiger partial charge in [0.1, 0.15) is 17.9 Å². The first kappa shape index (κ1) is 12.5. The fourth-order valence-corrected chi connectivity index (χ4v) is 1.56. The molecule has 1 rings (SSSR count). The van der Waals surface area contributed by atoms with Gasteiger partial charge >= 0.3 is 0 Å². The number of rotatable bonds is 2. The molecule has 1 N–H and O–H groups in total. The second-order valence-corrected chi connectivity index (χ2v) is 3.50. The third-order valence-electron chi connectivity index (χ3n) is 2.26. The Morgan fingerprint density at radius 2 is 1.76 bits per heavy atom. The zero-order chi connectivity index (χ0) is 13.0. The summed E-state index contributed by atoms with van der Waals surface area (Å²) < 4.78 is 0. The summed E-state index contributed by atoms with van der Waals surface area (Å²) in [5, 5.41) is 27.1. The predicted octanol–water partition coefficient (Wildman–Crippen LogP) is 2.31. The molecule has 1 aromatic rings. The van der Waals surface area contributed by atoms with Crippen molar-refractivity contribution in [3.05, 3.63) is 40.6 Å². The lowest BCUT2D eigenvalue weighted by molar-refractivity contribution is -0.111. The molecule has 17 heavy (non-hydrogen) atoms. The second-order valence-electron chi connectivity index (χ2n) is 3.50. The first-order chi connectivity index (χ1) is 8.01. The largest absolute Gasteiger partial charge is 0.512 e. The molecule has 0 aliphatic rings. The molecule has 0 saturated carbocycles. The van der Waals surface area contributed by atoms with E-state index < -0.39 is 0 Å². The Hall–Kier alpha value is -2.59. The van der Waals surface area contributed by atoms with Crippen LogP contribution >= 0.6 is 0 Å². The molecule has 0 radical (unpaired) electrons. The molecule has 0 aliphatic heterocycles. The smallest absolute Gasteiger partial charge is 0.163 e. The summed E-state index contributed by atoms with van der Waals surface area (Å²) in [6.45, 7) is 2.74. The number of hydrogen-bond donors (Lipinski definition) is 1. The molecule has 4 nitrogen and oxygen atoms in total. The highest BCUT2D eigenvalue weighted by Gasteiger charge is 2.13. The van der Waals surface area contributed by atoms with Gasteiger partial charge in [-0.3, -0.25) is 4.79 Å². The van der Waals surface area contributed by atoms with Gasteiger partial charge in [-0.25, -0.2) is 0 Å². The summed E-state index contributed by atoms with van der Waals surface area (Å²) in [6, 6.07) is 8.19. The van der Waals surface area contributed by atoms with E-state index >= 15 is 0 Å². The van der Waals surface area contributed by atoms with Gasteiger partial charge in [0, 0.05) is 0 Å². The Balaban J connectivity index is 3.47. The Morgan fingerprint density at radius 3 is 2.18 bits per heavy atom. The maximum atomic E-state index is 11.4. The number of carbonyl (C=O) groups excluding carboxylic acids is 1. The van der Waals surface area contributed by atoms with Crippen LogP contribution in [-0.2, 0) is 4.79 Å². The molecule has 0 atom stereocenters. The number of allylic oxidation sites excluding steroid dienone is 2. The van der Waals surface area contributed by atoms with Gasteiger partial charge in [0.15, 0.2) is 5.78 Å². The van der Waals surface area contributed by atoms with Crippen molar-refractivity contribution in [2.24, 2.45) is 0 Å².